The van der Waals surface area contributed by atoms with Crippen LogP contribution < -0.4 is 5.56 Å². The average Bonchev–Trinajstić information content (AvgIpc) is 2.20. The van der Waals surface area contributed by atoms with E-state index in [-0.39, 0.29) is 10.8 Å². The minimum Gasteiger partial charge on any atom is -0.318 e. The van der Waals surface area contributed by atoms with E-state index in [1.54, 1.807) is 13.2 Å². The number of hydrogen-bond donors (Lipinski definition) is 0. The molecule has 0 amide bonds. The van der Waals surface area contributed by atoms with Gasteiger partial charge >= 0.3 is 0 Å². The molecule has 1 aromatic carbocycles. The maximum atomic E-state index is 13.8. The van der Waals surface area contributed by atoms with Gasteiger partial charge < -0.3 is 4.57 Å². The summed E-state index contributed by atoms with van der Waals surface area (Å²) in [5.41, 5.74) is -0.00211. The molecule has 0 bridgehead atoms. The normalized spacial score (nSPS) is 12.1. The highest BCUT2D eigenvalue weighted by Gasteiger charge is 2.21. The van der Waals surface area contributed by atoms with Gasteiger partial charge in [0.25, 0.3) is 5.56 Å². The molecule has 0 aliphatic heterocycles. The Morgan fingerprint density at radius 2 is 1.78 bits per heavy atom. The SMILES string of the molecule is Cn1cc(C(C)(C)C)c2cc(F)cc(F)c2c1=O. The smallest absolute Gasteiger partial charge is 0.261 e. The summed E-state index contributed by atoms with van der Waals surface area (Å²) in [4.78, 5) is 11.9. The van der Waals surface area contributed by atoms with Gasteiger partial charge in [0.2, 0.25) is 0 Å². The molecule has 2 nitrogen and oxygen atoms in total. The number of nitrogens with zero attached hydrogens (tertiary/aromatic N) is 1. The van der Waals surface area contributed by atoms with E-state index in [4.69, 9.17) is 0 Å². The summed E-state index contributed by atoms with van der Waals surface area (Å²) in [7, 11) is 1.57. The van der Waals surface area contributed by atoms with Crippen LogP contribution in [-0.2, 0) is 12.5 Å². The topological polar surface area (TPSA) is 22.0 Å². The Morgan fingerprint density at radius 3 is 2.33 bits per heavy atom. The molecular weight excluding hydrogens is 236 g/mol. The maximum Gasteiger partial charge on any atom is 0.261 e. The van der Waals surface area contributed by atoms with Crippen molar-refractivity contribution >= 4 is 10.8 Å². The van der Waals surface area contributed by atoms with Gasteiger partial charge in [-0.15, -0.1) is 0 Å². The molecule has 2 aromatic rings. The van der Waals surface area contributed by atoms with E-state index in [2.05, 4.69) is 0 Å². The first-order valence-corrected chi connectivity index (χ1v) is 5.70. The van der Waals surface area contributed by atoms with E-state index >= 15 is 0 Å². The lowest BCUT2D eigenvalue weighted by molar-refractivity contribution is 0.576. The summed E-state index contributed by atoms with van der Waals surface area (Å²) < 4.78 is 28.5. The first-order chi connectivity index (χ1) is 8.21. The second-order valence-corrected chi connectivity index (χ2v) is 5.52. The number of aryl methyl sites for hydroxylation is 1. The van der Waals surface area contributed by atoms with Crippen LogP contribution in [0.25, 0.3) is 10.8 Å². The molecule has 0 radical (unpaired) electrons. The van der Waals surface area contributed by atoms with Gasteiger partial charge in [-0.2, -0.15) is 0 Å². The third-order valence-electron chi connectivity index (χ3n) is 3.01. The van der Waals surface area contributed by atoms with Gasteiger partial charge in [0, 0.05) is 19.3 Å². The van der Waals surface area contributed by atoms with Gasteiger partial charge in [-0.25, -0.2) is 8.78 Å². The summed E-state index contributed by atoms with van der Waals surface area (Å²) in [6, 6.07) is 1.97. The Hall–Kier alpha value is -1.71. The molecule has 0 N–H and O–H groups in total. The zero-order chi connectivity index (χ0) is 13.7. The lowest BCUT2D eigenvalue weighted by atomic mass is 9.85. The van der Waals surface area contributed by atoms with Crippen LogP contribution in [0.1, 0.15) is 26.3 Å². The molecule has 0 aliphatic carbocycles. The molecule has 0 saturated carbocycles. The fourth-order valence-electron chi connectivity index (χ4n) is 2.10. The number of hydrogen-bond acceptors (Lipinski definition) is 1. The highest BCUT2D eigenvalue weighted by atomic mass is 19.1. The van der Waals surface area contributed by atoms with Gasteiger partial charge in [-0.3, -0.25) is 4.79 Å². The van der Waals surface area contributed by atoms with Gasteiger partial charge in [0.15, 0.2) is 0 Å². The molecule has 96 valence electrons. The Kier molecular flexibility index (Phi) is 2.76. The number of fused-ring (bicyclic) bond motifs is 1. The van der Waals surface area contributed by atoms with Crippen LogP contribution in [0.4, 0.5) is 8.78 Å². The number of pyridine rings is 1. The average molecular weight is 251 g/mol. The predicted molar refractivity (Wildman–Crippen MR) is 67.8 cm³/mol. The molecule has 2 rings (SSSR count). The molecule has 0 fully saturated rings. The zero-order valence-electron chi connectivity index (χ0n) is 10.8. The van der Waals surface area contributed by atoms with Crippen molar-refractivity contribution in [2.24, 2.45) is 7.05 Å². The van der Waals surface area contributed by atoms with Gasteiger partial charge in [0.1, 0.15) is 11.6 Å². The minimum absolute atomic E-state index is 0.0497. The molecule has 0 aliphatic rings. The molecule has 4 heteroatoms. The Morgan fingerprint density at radius 1 is 1.17 bits per heavy atom. The molecule has 1 heterocycles. The fraction of sp³-hybridized carbons (Fsp3) is 0.357. The first-order valence-electron chi connectivity index (χ1n) is 5.70. The molecule has 0 spiro atoms. The molecule has 0 saturated heterocycles. The van der Waals surface area contributed by atoms with Crippen LogP contribution in [0.3, 0.4) is 0 Å². The highest BCUT2D eigenvalue weighted by molar-refractivity contribution is 5.86. The Balaban J connectivity index is 3.07. The summed E-state index contributed by atoms with van der Waals surface area (Å²) in [5, 5.41) is 0.300. The standard InChI is InChI=1S/C14H15F2NO/c1-14(2,3)10-7-17(4)13(18)12-9(10)5-8(15)6-11(12)16/h5-7H,1-4H3. The van der Waals surface area contributed by atoms with Crippen molar-refractivity contribution in [1.82, 2.24) is 4.57 Å². The third kappa shape index (κ3) is 1.92. The van der Waals surface area contributed by atoms with Gasteiger partial charge in [-0.1, -0.05) is 20.8 Å². The Labute approximate surface area is 104 Å². The van der Waals surface area contributed by atoms with Crippen molar-refractivity contribution in [3.8, 4) is 0 Å². The molecule has 18 heavy (non-hydrogen) atoms. The van der Waals surface area contributed by atoms with Crippen molar-refractivity contribution in [1.29, 1.82) is 0 Å². The van der Waals surface area contributed by atoms with Gasteiger partial charge in [0.05, 0.1) is 5.39 Å². The zero-order valence-corrected chi connectivity index (χ0v) is 10.8. The van der Waals surface area contributed by atoms with E-state index in [0.717, 1.165) is 11.6 Å². The summed E-state index contributed by atoms with van der Waals surface area (Å²) in [6.07, 6.45) is 1.64. The first kappa shape index (κ1) is 12.7. The number of rotatable bonds is 0. The minimum atomic E-state index is -0.809. The van der Waals surface area contributed by atoms with Gasteiger partial charge in [-0.05, 0) is 22.4 Å². The quantitative estimate of drug-likeness (QED) is 0.705. The lowest BCUT2D eigenvalue weighted by Gasteiger charge is -2.22. The van der Waals surface area contributed by atoms with Crippen molar-refractivity contribution in [2.75, 3.05) is 0 Å². The Bertz CT molecular complexity index is 681. The maximum absolute atomic E-state index is 13.8. The third-order valence-corrected chi connectivity index (χ3v) is 3.01. The predicted octanol–water partition coefficient (Wildman–Crippen LogP) is 3.11. The summed E-state index contributed by atoms with van der Waals surface area (Å²) >= 11 is 0. The van der Waals surface area contributed by atoms with Crippen LogP contribution >= 0.6 is 0 Å². The van der Waals surface area contributed by atoms with Crippen molar-refractivity contribution in [3.63, 3.8) is 0 Å². The van der Waals surface area contributed by atoms with Crippen LogP contribution in [0.15, 0.2) is 23.1 Å². The fourth-order valence-corrected chi connectivity index (χ4v) is 2.10. The van der Waals surface area contributed by atoms with Crippen molar-refractivity contribution < 1.29 is 8.78 Å². The number of aromatic nitrogens is 1. The number of halogens is 2. The van der Waals surface area contributed by atoms with Crippen LogP contribution in [0, 0.1) is 11.6 Å². The van der Waals surface area contributed by atoms with E-state index in [1.165, 1.54) is 10.6 Å². The van der Waals surface area contributed by atoms with Crippen molar-refractivity contribution in [2.45, 2.75) is 26.2 Å². The van der Waals surface area contributed by atoms with E-state index in [9.17, 15) is 13.6 Å². The monoisotopic (exact) mass is 251 g/mol. The second kappa shape index (κ2) is 3.90. The highest BCUT2D eigenvalue weighted by Crippen LogP contribution is 2.29. The van der Waals surface area contributed by atoms with E-state index in [1.807, 2.05) is 20.8 Å². The summed E-state index contributed by atoms with van der Waals surface area (Å²) in [6.45, 7) is 5.82. The largest absolute Gasteiger partial charge is 0.318 e. The molecule has 1 aromatic heterocycles. The molecular formula is C14H15F2NO. The van der Waals surface area contributed by atoms with E-state index < -0.39 is 17.2 Å². The van der Waals surface area contributed by atoms with Crippen molar-refractivity contribution in [3.05, 3.63) is 45.9 Å². The summed E-state index contributed by atoms with van der Waals surface area (Å²) in [5.74, 6) is -1.48. The lowest BCUT2D eigenvalue weighted by Crippen LogP contribution is -2.23. The second-order valence-electron chi connectivity index (χ2n) is 5.52. The van der Waals surface area contributed by atoms with Crippen LogP contribution in [0.5, 0.6) is 0 Å². The van der Waals surface area contributed by atoms with E-state index in [0.29, 0.717) is 5.39 Å². The van der Waals surface area contributed by atoms with Crippen LogP contribution in [-0.4, -0.2) is 4.57 Å². The molecule has 0 unspecified atom stereocenters. The molecule has 0 atom stereocenters. The number of benzene rings is 1. The van der Waals surface area contributed by atoms with Crippen LogP contribution in [0.2, 0.25) is 0 Å².